The molecule has 0 saturated carbocycles. The largest absolute Gasteiger partial charge is 0.490 e. The molecule has 254 valence electrons. The fourth-order valence-corrected chi connectivity index (χ4v) is 8.88. The van der Waals surface area contributed by atoms with Crippen LogP contribution in [0.25, 0.3) is 10.8 Å². The molecule has 2 N–H and O–H groups in total. The minimum Gasteiger partial charge on any atom is -0.490 e. The van der Waals surface area contributed by atoms with E-state index in [0.717, 1.165) is 27.0 Å². The molecule has 7 rings (SSSR count). The van der Waals surface area contributed by atoms with E-state index in [2.05, 4.69) is 10.3 Å². The molecule has 3 heterocycles. The highest BCUT2D eigenvalue weighted by molar-refractivity contribution is 8.00. The summed E-state index contributed by atoms with van der Waals surface area (Å²) in [6, 6.07) is 24.7. The summed E-state index contributed by atoms with van der Waals surface area (Å²) in [5.74, 6) is -2.50. The van der Waals surface area contributed by atoms with Crippen LogP contribution in [0.4, 0.5) is 11.4 Å². The Morgan fingerprint density at radius 3 is 2.42 bits per heavy atom. The average molecular weight is 710 g/mol. The van der Waals surface area contributed by atoms with Gasteiger partial charge in [-0.3, -0.25) is 19.2 Å². The summed E-state index contributed by atoms with van der Waals surface area (Å²) >= 11 is 2.17. The number of anilines is 2. The van der Waals surface area contributed by atoms with Gasteiger partial charge in [0.25, 0.3) is 5.91 Å². The summed E-state index contributed by atoms with van der Waals surface area (Å²) in [5.41, 5.74) is 1.95. The Morgan fingerprint density at radius 1 is 0.860 bits per heavy atom. The molecule has 1 aromatic heterocycles. The first kappa shape index (κ1) is 33.1. The number of amides is 3. The Labute approximate surface area is 294 Å². The first-order valence-corrected chi connectivity index (χ1v) is 17.7. The van der Waals surface area contributed by atoms with Gasteiger partial charge in [-0.05, 0) is 67.3 Å². The van der Waals surface area contributed by atoms with Crippen LogP contribution in [0, 0.1) is 5.92 Å². The number of fused-ring (bicyclic) bond motifs is 3. The highest BCUT2D eigenvalue weighted by atomic mass is 32.2. The van der Waals surface area contributed by atoms with Crippen LogP contribution in [0.1, 0.15) is 40.6 Å². The smallest absolute Gasteiger partial charge is 0.338 e. The van der Waals surface area contributed by atoms with Gasteiger partial charge in [-0.15, -0.1) is 0 Å². The van der Waals surface area contributed by atoms with E-state index in [0.29, 0.717) is 50.5 Å². The van der Waals surface area contributed by atoms with Crippen molar-refractivity contribution in [3.8, 4) is 11.5 Å². The molecular formula is C37H31N3O8S2. The predicted octanol–water partition coefficient (Wildman–Crippen LogP) is 5.98. The Kier molecular flexibility index (Phi) is 9.17. The number of nitrogens with zero attached hydrogens (tertiary/aromatic N) is 1. The summed E-state index contributed by atoms with van der Waals surface area (Å²) in [6.45, 7) is 3.76. The van der Waals surface area contributed by atoms with Crippen LogP contribution in [-0.4, -0.2) is 53.7 Å². The second-order valence-electron chi connectivity index (χ2n) is 11.5. The standard InChI is InChI=1S/C37H31N3O8S2/c1-3-46-27-18-22(14-17-26(27)48-19-28(41)38-25-11-7-9-20-8-5-6-10-24(20)25)29-30-32(49-33-31(29)50-37(45)39-33)35(43)40(34(30)42)23-15-12-21(13-16-23)36(44)47-4-2/h5-18,29-30,32H,3-4,19H2,1-2H3,(H,38,41)(H,39,45)/t29-,30?,32?/m1/s1. The van der Waals surface area contributed by atoms with E-state index < -0.39 is 34.9 Å². The number of nitrogens with one attached hydrogen (secondary N) is 2. The van der Waals surface area contributed by atoms with E-state index in [1.54, 1.807) is 37.3 Å². The molecule has 1 saturated heterocycles. The average Bonchev–Trinajstić information content (AvgIpc) is 3.61. The van der Waals surface area contributed by atoms with Gasteiger partial charge in [0.1, 0.15) is 5.25 Å². The lowest BCUT2D eigenvalue weighted by Crippen LogP contribution is -2.32. The number of rotatable bonds is 10. The van der Waals surface area contributed by atoms with Crippen LogP contribution in [0.5, 0.6) is 11.5 Å². The molecule has 2 aliphatic heterocycles. The molecule has 0 spiro atoms. The second-order valence-corrected chi connectivity index (χ2v) is 13.7. The molecular weight excluding hydrogens is 679 g/mol. The van der Waals surface area contributed by atoms with Crippen molar-refractivity contribution in [1.29, 1.82) is 0 Å². The zero-order valence-electron chi connectivity index (χ0n) is 27.0. The van der Waals surface area contributed by atoms with E-state index in [1.807, 2.05) is 49.4 Å². The van der Waals surface area contributed by atoms with Crippen LogP contribution in [0.3, 0.4) is 0 Å². The third-order valence-corrected chi connectivity index (χ3v) is 10.9. The van der Waals surface area contributed by atoms with Crippen molar-refractivity contribution >= 4 is 68.9 Å². The summed E-state index contributed by atoms with van der Waals surface area (Å²) < 4.78 is 16.9. The van der Waals surface area contributed by atoms with Gasteiger partial charge in [0.2, 0.25) is 11.8 Å². The molecule has 3 atom stereocenters. The number of aromatic nitrogens is 1. The third kappa shape index (κ3) is 6.14. The van der Waals surface area contributed by atoms with Crippen molar-refractivity contribution in [3.63, 3.8) is 0 Å². The van der Waals surface area contributed by atoms with Crippen molar-refractivity contribution in [3.05, 3.63) is 111 Å². The van der Waals surface area contributed by atoms with Gasteiger partial charge in [0, 0.05) is 21.9 Å². The van der Waals surface area contributed by atoms with Crippen LogP contribution in [-0.2, 0) is 19.1 Å². The first-order chi connectivity index (χ1) is 24.3. The lowest BCUT2D eigenvalue weighted by molar-refractivity contribution is -0.122. The van der Waals surface area contributed by atoms with Crippen molar-refractivity contribution in [1.82, 2.24) is 4.98 Å². The summed E-state index contributed by atoms with van der Waals surface area (Å²) in [4.78, 5) is 70.1. The van der Waals surface area contributed by atoms with Crippen molar-refractivity contribution in [2.75, 3.05) is 30.0 Å². The zero-order valence-corrected chi connectivity index (χ0v) is 28.6. The number of hydrogen-bond donors (Lipinski definition) is 2. The van der Waals surface area contributed by atoms with Crippen LogP contribution in [0.15, 0.2) is 94.7 Å². The zero-order chi connectivity index (χ0) is 34.9. The molecule has 0 radical (unpaired) electrons. The SMILES string of the molecule is CCOC(=O)c1ccc(N2C(=O)C3Sc4[nH]c(=O)sc4[C@H](c4ccc(OCC(=O)Nc5cccc6ccccc56)c(OCC)c4)C3C2=O)cc1. The molecule has 0 bridgehead atoms. The van der Waals surface area contributed by atoms with Gasteiger partial charge >= 0.3 is 10.8 Å². The maximum absolute atomic E-state index is 14.2. The fraction of sp³-hybridized carbons (Fsp3) is 0.216. The van der Waals surface area contributed by atoms with Crippen molar-refractivity contribution < 1.29 is 33.4 Å². The van der Waals surface area contributed by atoms with Crippen molar-refractivity contribution in [2.45, 2.75) is 30.0 Å². The number of thiazole rings is 1. The number of hydrogen-bond acceptors (Lipinski definition) is 10. The fourth-order valence-electron chi connectivity index (χ4n) is 6.36. The number of ether oxygens (including phenoxy) is 3. The molecule has 2 unspecified atom stereocenters. The molecule has 4 aromatic carbocycles. The van der Waals surface area contributed by atoms with Crippen LogP contribution >= 0.6 is 23.1 Å². The van der Waals surface area contributed by atoms with Crippen LogP contribution in [0.2, 0.25) is 0 Å². The highest BCUT2D eigenvalue weighted by Crippen LogP contribution is 2.53. The number of carbonyl (C=O) groups excluding carboxylic acids is 4. The predicted molar refractivity (Wildman–Crippen MR) is 190 cm³/mol. The quantitative estimate of drug-likeness (QED) is 0.132. The Bertz CT molecular complexity index is 2190. The Hall–Kier alpha value is -5.40. The van der Waals surface area contributed by atoms with Gasteiger partial charge in [-0.2, -0.15) is 0 Å². The van der Waals surface area contributed by atoms with Gasteiger partial charge in [0.05, 0.1) is 35.4 Å². The number of thioether (sulfide) groups is 1. The third-order valence-electron chi connectivity index (χ3n) is 8.51. The molecule has 2 aliphatic rings. The molecule has 0 aliphatic carbocycles. The van der Waals surface area contributed by atoms with Gasteiger partial charge in [-0.25, -0.2) is 9.69 Å². The number of benzene rings is 4. The highest BCUT2D eigenvalue weighted by Gasteiger charge is 2.56. The monoisotopic (exact) mass is 709 g/mol. The first-order valence-electron chi connectivity index (χ1n) is 16.0. The number of imide groups is 1. The number of esters is 1. The maximum atomic E-state index is 14.2. The topological polar surface area (TPSA) is 144 Å². The minimum absolute atomic E-state index is 0.219. The van der Waals surface area contributed by atoms with E-state index in [-0.39, 0.29) is 24.0 Å². The molecule has 5 aromatic rings. The summed E-state index contributed by atoms with van der Waals surface area (Å²) in [5, 5.41) is 4.55. The Morgan fingerprint density at radius 2 is 1.64 bits per heavy atom. The van der Waals surface area contributed by atoms with Gasteiger partial charge < -0.3 is 24.5 Å². The summed E-state index contributed by atoms with van der Waals surface area (Å²) in [6.07, 6.45) is 0. The van der Waals surface area contributed by atoms with E-state index in [1.165, 1.54) is 23.9 Å². The molecule has 11 nitrogen and oxygen atoms in total. The molecule has 13 heteroatoms. The Balaban J connectivity index is 1.16. The lowest BCUT2D eigenvalue weighted by atomic mass is 9.83. The number of H-pyrrole nitrogens is 1. The van der Waals surface area contributed by atoms with E-state index >= 15 is 0 Å². The number of carbonyl (C=O) groups is 4. The molecule has 3 amide bonds. The lowest BCUT2D eigenvalue weighted by Gasteiger charge is -2.30. The molecule has 1 fully saturated rings. The number of aromatic amines is 1. The van der Waals surface area contributed by atoms with Gasteiger partial charge in [-0.1, -0.05) is 65.6 Å². The maximum Gasteiger partial charge on any atom is 0.338 e. The van der Waals surface area contributed by atoms with Gasteiger partial charge in [0.15, 0.2) is 18.1 Å². The van der Waals surface area contributed by atoms with Crippen LogP contribution < -0.4 is 24.6 Å². The summed E-state index contributed by atoms with van der Waals surface area (Å²) in [7, 11) is 0. The second kappa shape index (κ2) is 13.8. The normalized spacial score (nSPS) is 18.0. The minimum atomic E-state index is -0.830. The van der Waals surface area contributed by atoms with E-state index in [4.69, 9.17) is 14.2 Å². The van der Waals surface area contributed by atoms with Crippen molar-refractivity contribution in [2.24, 2.45) is 5.92 Å². The molecule has 50 heavy (non-hydrogen) atoms. The van der Waals surface area contributed by atoms with E-state index in [9.17, 15) is 24.0 Å².